The lowest BCUT2D eigenvalue weighted by Crippen LogP contribution is -2.29. The van der Waals surface area contributed by atoms with Crippen LogP contribution in [0.2, 0.25) is 0 Å². The van der Waals surface area contributed by atoms with Crippen molar-refractivity contribution < 1.29 is 4.79 Å². The number of aryl methyl sites for hydroxylation is 2. The molecular formula is C12H14BrN5O. The Labute approximate surface area is 119 Å². The number of nitrogens with two attached hydrogens (primary N) is 1. The van der Waals surface area contributed by atoms with E-state index in [1.807, 2.05) is 24.6 Å². The molecule has 0 radical (unpaired) electrons. The molecule has 1 aromatic carbocycles. The van der Waals surface area contributed by atoms with Crippen LogP contribution >= 0.6 is 15.9 Å². The molecule has 0 fully saturated rings. The second-order valence-electron chi connectivity index (χ2n) is 4.14. The van der Waals surface area contributed by atoms with Gasteiger partial charge in [-0.05, 0) is 31.5 Å². The summed E-state index contributed by atoms with van der Waals surface area (Å²) < 4.78 is 2.65. The molecule has 0 saturated heterocycles. The van der Waals surface area contributed by atoms with Crippen molar-refractivity contribution in [3.05, 3.63) is 45.4 Å². The van der Waals surface area contributed by atoms with E-state index in [1.54, 1.807) is 12.1 Å². The number of halogens is 1. The normalized spacial score (nSPS) is 10.5. The second kappa shape index (κ2) is 5.50. The lowest BCUT2D eigenvalue weighted by atomic mass is 10.1. The number of aromatic nitrogens is 3. The molecule has 0 aliphatic carbocycles. The quantitative estimate of drug-likeness (QED) is 0.506. The Morgan fingerprint density at radius 3 is 2.74 bits per heavy atom. The SMILES string of the molecule is Cc1nc(C)n(Cc2ccc(C(=O)NN)cc2Br)n1. The molecule has 3 N–H and O–H groups in total. The van der Waals surface area contributed by atoms with E-state index in [9.17, 15) is 4.79 Å². The molecule has 0 bridgehead atoms. The summed E-state index contributed by atoms with van der Waals surface area (Å²) in [4.78, 5) is 15.7. The van der Waals surface area contributed by atoms with Crippen LogP contribution in [0.15, 0.2) is 22.7 Å². The minimum absolute atomic E-state index is 0.319. The number of benzene rings is 1. The number of carbonyl (C=O) groups is 1. The minimum atomic E-state index is -0.319. The molecular weight excluding hydrogens is 310 g/mol. The number of amides is 1. The van der Waals surface area contributed by atoms with E-state index in [0.29, 0.717) is 12.1 Å². The third-order valence-corrected chi connectivity index (χ3v) is 3.47. The molecule has 0 atom stereocenters. The summed E-state index contributed by atoms with van der Waals surface area (Å²) >= 11 is 3.45. The molecule has 2 aromatic rings. The van der Waals surface area contributed by atoms with E-state index in [1.165, 1.54) is 0 Å². The third kappa shape index (κ3) is 2.99. The summed E-state index contributed by atoms with van der Waals surface area (Å²) in [5.74, 6) is 6.38. The number of hydrazine groups is 1. The maximum Gasteiger partial charge on any atom is 0.265 e. The summed E-state index contributed by atoms with van der Waals surface area (Å²) in [6, 6.07) is 5.32. The highest BCUT2D eigenvalue weighted by Crippen LogP contribution is 2.20. The maximum absolute atomic E-state index is 11.4. The van der Waals surface area contributed by atoms with Crippen molar-refractivity contribution in [3.8, 4) is 0 Å². The monoisotopic (exact) mass is 323 g/mol. The maximum atomic E-state index is 11.4. The van der Waals surface area contributed by atoms with Crippen LogP contribution in [-0.2, 0) is 6.54 Å². The molecule has 1 heterocycles. The van der Waals surface area contributed by atoms with Gasteiger partial charge in [-0.1, -0.05) is 22.0 Å². The van der Waals surface area contributed by atoms with Gasteiger partial charge in [-0.25, -0.2) is 15.5 Å². The summed E-state index contributed by atoms with van der Waals surface area (Å²) in [7, 11) is 0. The van der Waals surface area contributed by atoms with Gasteiger partial charge < -0.3 is 0 Å². The summed E-state index contributed by atoms with van der Waals surface area (Å²) in [6.07, 6.45) is 0. The molecule has 0 aliphatic rings. The predicted octanol–water partition coefficient (Wildman–Crippen LogP) is 1.31. The fourth-order valence-corrected chi connectivity index (χ4v) is 2.28. The van der Waals surface area contributed by atoms with Gasteiger partial charge in [-0.15, -0.1) is 0 Å². The number of hydrogen-bond donors (Lipinski definition) is 2. The van der Waals surface area contributed by atoms with Gasteiger partial charge in [0.1, 0.15) is 11.6 Å². The highest BCUT2D eigenvalue weighted by molar-refractivity contribution is 9.10. The molecule has 100 valence electrons. The number of carbonyl (C=O) groups excluding carboxylic acids is 1. The van der Waals surface area contributed by atoms with Crippen LogP contribution < -0.4 is 11.3 Å². The van der Waals surface area contributed by atoms with E-state index < -0.39 is 0 Å². The molecule has 1 aromatic heterocycles. The van der Waals surface area contributed by atoms with Crippen molar-refractivity contribution in [3.63, 3.8) is 0 Å². The Morgan fingerprint density at radius 1 is 1.47 bits per heavy atom. The first-order valence-electron chi connectivity index (χ1n) is 5.68. The van der Waals surface area contributed by atoms with Gasteiger partial charge in [-0.2, -0.15) is 5.10 Å². The first kappa shape index (κ1) is 13.7. The van der Waals surface area contributed by atoms with Gasteiger partial charge in [0.05, 0.1) is 6.54 Å². The van der Waals surface area contributed by atoms with Crippen LogP contribution in [0.4, 0.5) is 0 Å². The Hall–Kier alpha value is -1.73. The van der Waals surface area contributed by atoms with E-state index in [4.69, 9.17) is 5.84 Å². The standard InChI is InChI=1S/C12H14BrN5O/c1-7-15-8(2)18(17-7)6-10-4-3-9(5-11(10)13)12(19)16-14/h3-5H,6,14H2,1-2H3,(H,16,19). The first-order chi connectivity index (χ1) is 9.01. The number of rotatable bonds is 3. The van der Waals surface area contributed by atoms with Gasteiger partial charge in [0.15, 0.2) is 0 Å². The Bertz CT molecular complexity index is 623. The molecule has 1 amide bonds. The molecule has 0 saturated carbocycles. The van der Waals surface area contributed by atoms with Crippen molar-refractivity contribution in [1.82, 2.24) is 20.2 Å². The number of hydrogen-bond acceptors (Lipinski definition) is 4. The summed E-state index contributed by atoms with van der Waals surface area (Å²) in [5.41, 5.74) is 3.62. The fourth-order valence-electron chi connectivity index (χ4n) is 1.77. The average Bonchev–Trinajstić information content (AvgIpc) is 2.69. The molecule has 0 spiro atoms. The second-order valence-corrected chi connectivity index (χ2v) is 5.00. The zero-order valence-corrected chi connectivity index (χ0v) is 12.2. The molecule has 0 aliphatic heterocycles. The first-order valence-corrected chi connectivity index (χ1v) is 6.48. The predicted molar refractivity (Wildman–Crippen MR) is 74.4 cm³/mol. The largest absolute Gasteiger partial charge is 0.290 e. The minimum Gasteiger partial charge on any atom is -0.290 e. The Kier molecular flexibility index (Phi) is 3.96. The molecule has 0 unspecified atom stereocenters. The average molecular weight is 324 g/mol. The Morgan fingerprint density at radius 2 is 2.21 bits per heavy atom. The van der Waals surface area contributed by atoms with Crippen LogP contribution in [0.5, 0.6) is 0 Å². The van der Waals surface area contributed by atoms with Crippen LogP contribution in [-0.4, -0.2) is 20.7 Å². The van der Waals surface area contributed by atoms with Crippen LogP contribution in [0.1, 0.15) is 27.6 Å². The van der Waals surface area contributed by atoms with Gasteiger partial charge in [0.2, 0.25) is 0 Å². The number of nitrogens with zero attached hydrogens (tertiary/aromatic N) is 3. The van der Waals surface area contributed by atoms with E-state index in [-0.39, 0.29) is 5.91 Å². The van der Waals surface area contributed by atoms with Gasteiger partial charge >= 0.3 is 0 Å². The fraction of sp³-hybridized carbons (Fsp3) is 0.250. The van der Waals surface area contributed by atoms with Crippen LogP contribution in [0, 0.1) is 13.8 Å². The van der Waals surface area contributed by atoms with Crippen molar-refractivity contribution >= 4 is 21.8 Å². The molecule has 6 nitrogen and oxygen atoms in total. The number of nitrogen functional groups attached to an aromatic ring is 1. The van der Waals surface area contributed by atoms with E-state index in [2.05, 4.69) is 31.4 Å². The van der Waals surface area contributed by atoms with E-state index in [0.717, 1.165) is 21.7 Å². The van der Waals surface area contributed by atoms with Crippen molar-refractivity contribution in [2.45, 2.75) is 20.4 Å². The van der Waals surface area contributed by atoms with E-state index >= 15 is 0 Å². The van der Waals surface area contributed by atoms with Gasteiger partial charge in [-0.3, -0.25) is 10.2 Å². The molecule has 7 heteroatoms. The van der Waals surface area contributed by atoms with Crippen LogP contribution in [0.3, 0.4) is 0 Å². The van der Waals surface area contributed by atoms with Crippen molar-refractivity contribution in [2.75, 3.05) is 0 Å². The highest BCUT2D eigenvalue weighted by Gasteiger charge is 2.09. The molecule has 2 rings (SSSR count). The van der Waals surface area contributed by atoms with Crippen LogP contribution in [0.25, 0.3) is 0 Å². The number of nitrogens with one attached hydrogen (secondary N) is 1. The third-order valence-electron chi connectivity index (χ3n) is 2.73. The van der Waals surface area contributed by atoms with Gasteiger partial charge in [0, 0.05) is 10.0 Å². The van der Waals surface area contributed by atoms with Crippen molar-refractivity contribution in [1.29, 1.82) is 0 Å². The summed E-state index contributed by atoms with van der Waals surface area (Å²) in [5, 5.41) is 4.31. The lowest BCUT2D eigenvalue weighted by Gasteiger charge is -2.08. The topological polar surface area (TPSA) is 85.8 Å². The molecule has 19 heavy (non-hydrogen) atoms. The highest BCUT2D eigenvalue weighted by atomic mass is 79.9. The zero-order valence-electron chi connectivity index (χ0n) is 10.6. The smallest absolute Gasteiger partial charge is 0.265 e. The lowest BCUT2D eigenvalue weighted by molar-refractivity contribution is 0.0953. The zero-order chi connectivity index (χ0) is 14.0. The van der Waals surface area contributed by atoms with Gasteiger partial charge in [0.25, 0.3) is 5.91 Å². The summed E-state index contributed by atoms with van der Waals surface area (Å²) in [6.45, 7) is 4.36. The van der Waals surface area contributed by atoms with Crippen molar-refractivity contribution in [2.24, 2.45) is 5.84 Å². The Balaban J connectivity index is 2.27.